The van der Waals surface area contributed by atoms with Crippen molar-refractivity contribution in [2.75, 3.05) is 7.11 Å². The number of methoxy groups -OCH3 is 1. The maximum absolute atomic E-state index is 9.78. The molecule has 0 fully saturated rings. The molecule has 1 N–H and O–H groups in total. The third-order valence-corrected chi connectivity index (χ3v) is 3.73. The van der Waals surface area contributed by atoms with Crippen LogP contribution in [0, 0.1) is 0 Å². The Balaban J connectivity index is 1.66. The van der Waals surface area contributed by atoms with Crippen LogP contribution in [0.25, 0.3) is 0 Å². The van der Waals surface area contributed by atoms with Crippen LogP contribution in [0.3, 0.4) is 0 Å². The highest BCUT2D eigenvalue weighted by Gasteiger charge is 2.20. The lowest BCUT2D eigenvalue weighted by Gasteiger charge is -2.09. The Morgan fingerprint density at radius 1 is 1.10 bits per heavy atom. The van der Waals surface area contributed by atoms with Crippen molar-refractivity contribution in [1.82, 2.24) is 0 Å². The van der Waals surface area contributed by atoms with E-state index in [1.54, 1.807) is 7.11 Å². The molecule has 0 aromatic heterocycles. The van der Waals surface area contributed by atoms with E-state index in [1.165, 1.54) is 5.56 Å². The molecule has 3 heteroatoms. The molecule has 0 bridgehead atoms. The number of hydrogen-bond donors (Lipinski definition) is 1. The molecule has 3 nitrogen and oxygen atoms in total. The van der Waals surface area contributed by atoms with Gasteiger partial charge in [-0.2, -0.15) is 0 Å². The van der Waals surface area contributed by atoms with Crippen molar-refractivity contribution in [3.8, 4) is 11.5 Å². The molecule has 0 heterocycles. The van der Waals surface area contributed by atoms with Gasteiger partial charge in [-0.1, -0.05) is 18.2 Å². The van der Waals surface area contributed by atoms with Gasteiger partial charge in [0.05, 0.1) is 13.2 Å². The van der Waals surface area contributed by atoms with Crippen LogP contribution in [0.4, 0.5) is 0 Å². The molecular formula is C17H18O3. The Morgan fingerprint density at radius 3 is 2.60 bits per heavy atom. The number of aryl methyl sites for hydroxylation is 1. The zero-order chi connectivity index (χ0) is 13.9. The van der Waals surface area contributed by atoms with Gasteiger partial charge in [-0.05, 0) is 53.8 Å². The molecule has 1 unspecified atom stereocenters. The number of rotatable bonds is 4. The molecule has 0 saturated carbocycles. The summed E-state index contributed by atoms with van der Waals surface area (Å²) in [7, 11) is 1.66. The first-order valence-electron chi connectivity index (χ1n) is 6.83. The fourth-order valence-corrected chi connectivity index (χ4v) is 2.55. The van der Waals surface area contributed by atoms with E-state index in [4.69, 9.17) is 9.47 Å². The van der Waals surface area contributed by atoms with Gasteiger partial charge in [0, 0.05) is 0 Å². The Labute approximate surface area is 118 Å². The monoisotopic (exact) mass is 270 g/mol. The lowest BCUT2D eigenvalue weighted by Crippen LogP contribution is -1.97. The van der Waals surface area contributed by atoms with Crippen LogP contribution >= 0.6 is 0 Å². The number of fused-ring (bicyclic) bond motifs is 1. The van der Waals surface area contributed by atoms with E-state index in [9.17, 15) is 5.11 Å². The molecule has 2 aromatic carbocycles. The summed E-state index contributed by atoms with van der Waals surface area (Å²) in [6, 6.07) is 13.8. The Hall–Kier alpha value is -2.00. The second kappa shape index (κ2) is 5.55. The second-order valence-electron chi connectivity index (χ2n) is 5.05. The van der Waals surface area contributed by atoms with Gasteiger partial charge in [-0.25, -0.2) is 0 Å². The minimum atomic E-state index is -0.305. The zero-order valence-corrected chi connectivity index (χ0v) is 11.5. The van der Waals surface area contributed by atoms with Crippen LogP contribution in [-0.2, 0) is 13.0 Å². The van der Waals surface area contributed by atoms with Crippen molar-refractivity contribution in [2.45, 2.75) is 25.6 Å². The normalized spacial score (nSPS) is 16.8. The van der Waals surface area contributed by atoms with Gasteiger partial charge in [0.15, 0.2) is 0 Å². The third-order valence-electron chi connectivity index (χ3n) is 3.73. The summed E-state index contributed by atoms with van der Waals surface area (Å²) in [4.78, 5) is 0. The predicted molar refractivity (Wildman–Crippen MR) is 77.0 cm³/mol. The van der Waals surface area contributed by atoms with Gasteiger partial charge in [0.2, 0.25) is 0 Å². The van der Waals surface area contributed by atoms with E-state index in [0.717, 1.165) is 35.5 Å². The molecular weight excluding hydrogens is 252 g/mol. The van der Waals surface area contributed by atoms with Crippen molar-refractivity contribution in [3.05, 3.63) is 59.2 Å². The number of hydrogen-bond acceptors (Lipinski definition) is 3. The highest BCUT2D eigenvalue weighted by atomic mass is 16.5. The standard InChI is InChI=1S/C17H18O3/c1-19-14-5-2-12(3-6-14)11-20-15-7-8-16-13(10-15)4-9-17(16)18/h2-3,5-8,10,17-18H,4,9,11H2,1H3. The lowest BCUT2D eigenvalue weighted by atomic mass is 10.1. The minimum Gasteiger partial charge on any atom is -0.497 e. The molecule has 0 radical (unpaired) electrons. The molecule has 1 aliphatic carbocycles. The molecule has 0 aliphatic heterocycles. The fourth-order valence-electron chi connectivity index (χ4n) is 2.55. The summed E-state index contributed by atoms with van der Waals surface area (Å²) >= 11 is 0. The first kappa shape index (κ1) is 13.0. The third kappa shape index (κ3) is 2.63. The number of ether oxygens (including phenoxy) is 2. The topological polar surface area (TPSA) is 38.7 Å². The Kier molecular flexibility index (Phi) is 3.61. The SMILES string of the molecule is COc1ccc(COc2ccc3c(c2)CCC3O)cc1. The van der Waals surface area contributed by atoms with Gasteiger partial charge < -0.3 is 14.6 Å². The van der Waals surface area contributed by atoms with Crippen LogP contribution in [0.2, 0.25) is 0 Å². The summed E-state index contributed by atoms with van der Waals surface area (Å²) in [5.74, 6) is 1.70. The summed E-state index contributed by atoms with van der Waals surface area (Å²) in [5, 5.41) is 9.78. The summed E-state index contributed by atoms with van der Waals surface area (Å²) < 4.78 is 10.9. The maximum Gasteiger partial charge on any atom is 0.120 e. The van der Waals surface area contributed by atoms with Crippen molar-refractivity contribution >= 4 is 0 Å². The number of benzene rings is 2. The first-order valence-corrected chi connectivity index (χ1v) is 6.83. The molecule has 0 saturated heterocycles. The van der Waals surface area contributed by atoms with Crippen molar-refractivity contribution < 1.29 is 14.6 Å². The van der Waals surface area contributed by atoms with E-state index >= 15 is 0 Å². The van der Waals surface area contributed by atoms with Gasteiger partial charge in [-0.15, -0.1) is 0 Å². The second-order valence-corrected chi connectivity index (χ2v) is 5.05. The van der Waals surface area contributed by atoms with Crippen molar-refractivity contribution in [3.63, 3.8) is 0 Å². The quantitative estimate of drug-likeness (QED) is 0.926. The molecule has 20 heavy (non-hydrogen) atoms. The van der Waals surface area contributed by atoms with Gasteiger partial charge in [0.1, 0.15) is 18.1 Å². The molecule has 3 rings (SSSR count). The van der Waals surface area contributed by atoms with Crippen LogP contribution < -0.4 is 9.47 Å². The number of aliphatic hydroxyl groups excluding tert-OH is 1. The molecule has 1 atom stereocenters. The maximum atomic E-state index is 9.78. The van der Waals surface area contributed by atoms with Crippen LogP contribution in [0.5, 0.6) is 11.5 Å². The highest BCUT2D eigenvalue weighted by Crippen LogP contribution is 2.33. The zero-order valence-electron chi connectivity index (χ0n) is 11.5. The number of aliphatic hydroxyl groups is 1. The van der Waals surface area contributed by atoms with Crippen LogP contribution in [0.1, 0.15) is 29.2 Å². The largest absolute Gasteiger partial charge is 0.497 e. The molecule has 1 aliphatic rings. The molecule has 0 spiro atoms. The molecule has 2 aromatic rings. The summed E-state index contributed by atoms with van der Waals surface area (Å²) in [6.07, 6.45) is 1.44. The average Bonchev–Trinajstić information content (AvgIpc) is 2.87. The van der Waals surface area contributed by atoms with Crippen LogP contribution in [-0.4, -0.2) is 12.2 Å². The Morgan fingerprint density at radius 2 is 1.85 bits per heavy atom. The van der Waals surface area contributed by atoms with E-state index in [1.807, 2.05) is 42.5 Å². The highest BCUT2D eigenvalue weighted by molar-refractivity contribution is 5.40. The summed E-state index contributed by atoms with van der Waals surface area (Å²) in [6.45, 7) is 0.533. The molecule has 104 valence electrons. The van der Waals surface area contributed by atoms with Crippen molar-refractivity contribution in [1.29, 1.82) is 0 Å². The predicted octanol–water partition coefficient (Wildman–Crippen LogP) is 3.25. The van der Waals surface area contributed by atoms with E-state index < -0.39 is 0 Å². The van der Waals surface area contributed by atoms with Crippen LogP contribution in [0.15, 0.2) is 42.5 Å². The van der Waals surface area contributed by atoms with Gasteiger partial charge in [-0.3, -0.25) is 0 Å². The average molecular weight is 270 g/mol. The van der Waals surface area contributed by atoms with E-state index in [0.29, 0.717) is 6.61 Å². The van der Waals surface area contributed by atoms with Gasteiger partial charge >= 0.3 is 0 Å². The van der Waals surface area contributed by atoms with E-state index in [-0.39, 0.29) is 6.10 Å². The van der Waals surface area contributed by atoms with Gasteiger partial charge in [0.25, 0.3) is 0 Å². The molecule has 0 amide bonds. The first-order chi connectivity index (χ1) is 9.76. The smallest absolute Gasteiger partial charge is 0.120 e. The minimum absolute atomic E-state index is 0.305. The van der Waals surface area contributed by atoms with E-state index in [2.05, 4.69) is 0 Å². The fraction of sp³-hybridized carbons (Fsp3) is 0.294. The Bertz CT molecular complexity index is 590. The lowest BCUT2D eigenvalue weighted by molar-refractivity contribution is 0.180. The van der Waals surface area contributed by atoms with Crippen molar-refractivity contribution in [2.24, 2.45) is 0 Å². The summed E-state index contributed by atoms with van der Waals surface area (Å²) in [5.41, 5.74) is 3.35.